The number of aromatic nitrogens is 1. The Morgan fingerprint density at radius 1 is 1.44 bits per heavy atom. The summed E-state index contributed by atoms with van der Waals surface area (Å²) in [4.78, 5) is 3.97. The first-order valence-electron chi connectivity index (χ1n) is 5.57. The number of hydrogen-bond donors (Lipinski definition) is 3. The summed E-state index contributed by atoms with van der Waals surface area (Å²) in [5.41, 5.74) is 9.93. The van der Waals surface area contributed by atoms with Crippen LogP contribution in [0.1, 0.15) is 32.8 Å². The van der Waals surface area contributed by atoms with E-state index in [0.717, 1.165) is 12.8 Å². The maximum atomic E-state index is 5.64. The van der Waals surface area contributed by atoms with Crippen LogP contribution in [0.2, 0.25) is 0 Å². The third-order valence-corrected chi connectivity index (χ3v) is 2.42. The van der Waals surface area contributed by atoms with Crippen LogP contribution in [0.3, 0.4) is 0 Å². The third kappa shape index (κ3) is 4.59. The van der Waals surface area contributed by atoms with E-state index in [1.54, 1.807) is 6.20 Å². The van der Waals surface area contributed by atoms with E-state index in [1.165, 1.54) is 5.56 Å². The number of nitrogens with zero attached hydrogens (tertiary/aromatic N) is 1. The molecule has 5 N–H and O–H groups in total. The van der Waals surface area contributed by atoms with E-state index in [4.69, 9.17) is 11.6 Å². The van der Waals surface area contributed by atoms with Gasteiger partial charge in [0.1, 0.15) is 5.82 Å². The number of pyridine rings is 1. The summed E-state index contributed by atoms with van der Waals surface area (Å²) in [6, 6.07) is 4.14. The van der Waals surface area contributed by atoms with Gasteiger partial charge in [-0.15, -0.1) is 0 Å². The molecule has 0 saturated heterocycles. The van der Waals surface area contributed by atoms with E-state index in [9.17, 15) is 0 Å². The lowest BCUT2D eigenvalue weighted by atomic mass is 9.86. The molecule has 4 nitrogen and oxygen atoms in total. The molecule has 1 unspecified atom stereocenters. The highest BCUT2D eigenvalue weighted by Crippen LogP contribution is 2.22. The quantitative estimate of drug-likeness (QED) is 0.532. The topological polar surface area (TPSA) is 77.0 Å². The molecule has 0 fully saturated rings. The van der Waals surface area contributed by atoms with E-state index in [-0.39, 0.29) is 11.5 Å². The fraction of sp³-hybridized carbons (Fsp3) is 0.583. The molecule has 0 radical (unpaired) electrons. The van der Waals surface area contributed by atoms with Gasteiger partial charge < -0.3 is 5.73 Å². The molecular formula is C12H22N4. The van der Waals surface area contributed by atoms with E-state index in [1.807, 2.05) is 12.1 Å². The summed E-state index contributed by atoms with van der Waals surface area (Å²) in [6.07, 6.45) is 3.63. The van der Waals surface area contributed by atoms with Crippen LogP contribution in [0.5, 0.6) is 0 Å². The number of hydrogen-bond acceptors (Lipinski definition) is 4. The van der Waals surface area contributed by atoms with Gasteiger partial charge in [-0.25, -0.2) is 4.98 Å². The van der Waals surface area contributed by atoms with E-state index >= 15 is 0 Å². The average Bonchev–Trinajstić information content (AvgIpc) is 2.14. The van der Waals surface area contributed by atoms with Gasteiger partial charge in [0, 0.05) is 12.2 Å². The molecule has 1 rings (SSSR count). The van der Waals surface area contributed by atoms with Gasteiger partial charge in [0.05, 0.1) is 0 Å². The van der Waals surface area contributed by atoms with Crippen molar-refractivity contribution >= 4 is 5.82 Å². The van der Waals surface area contributed by atoms with Crippen molar-refractivity contribution in [1.82, 2.24) is 10.4 Å². The van der Waals surface area contributed by atoms with E-state index in [2.05, 4.69) is 31.2 Å². The van der Waals surface area contributed by atoms with Gasteiger partial charge in [-0.3, -0.25) is 11.3 Å². The molecule has 1 aromatic heterocycles. The summed E-state index contributed by atoms with van der Waals surface area (Å²) in [7, 11) is 0. The van der Waals surface area contributed by atoms with Crippen molar-refractivity contribution in [3.63, 3.8) is 0 Å². The highest BCUT2D eigenvalue weighted by Gasteiger charge is 2.18. The molecule has 1 heterocycles. The van der Waals surface area contributed by atoms with E-state index in [0.29, 0.717) is 5.82 Å². The molecule has 90 valence electrons. The van der Waals surface area contributed by atoms with Crippen LogP contribution in [0.4, 0.5) is 5.82 Å². The molecular weight excluding hydrogens is 200 g/mol. The Hall–Kier alpha value is -1.13. The maximum absolute atomic E-state index is 5.64. The van der Waals surface area contributed by atoms with Crippen LogP contribution in [-0.4, -0.2) is 11.0 Å². The predicted molar refractivity (Wildman–Crippen MR) is 67.5 cm³/mol. The Balaban J connectivity index is 2.63. The maximum Gasteiger partial charge on any atom is 0.123 e. The van der Waals surface area contributed by atoms with Gasteiger partial charge in [-0.2, -0.15) is 0 Å². The molecule has 0 aliphatic heterocycles. The summed E-state index contributed by atoms with van der Waals surface area (Å²) in [5, 5.41) is 0. The normalized spacial score (nSPS) is 13.8. The van der Waals surface area contributed by atoms with Crippen LogP contribution in [0.25, 0.3) is 0 Å². The average molecular weight is 222 g/mol. The first-order chi connectivity index (χ1) is 7.40. The monoisotopic (exact) mass is 222 g/mol. The smallest absolute Gasteiger partial charge is 0.123 e. The molecule has 0 aromatic carbocycles. The zero-order valence-corrected chi connectivity index (χ0v) is 10.3. The van der Waals surface area contributed by atoms with Gasteiger partial charge in [0.15, 0.2) is 0 Å². The molecule has 0 aliphatic rings. The highest BCUT2D eigenvalue weighted by molar-refractivity contribution is 5.32. The molecule has 1 atom stereocenters. The Morgan fingerprint density at radius 2 is 2.12 bits per heavy atom. The van der Waals surface area contributed by atoms with Gasteiger partial charge in [-0.1, -0.05) is 20.8 Å². The summed E-state index contributed by atoms with van der Waals surface area (Å²) in [5.74, 6) is 6.13. The minimum absolute atomic E-state index is 0.260. The lowest BCUT2D eigenvalue weighted by Gasteiger charge is -2.25. The zero-order chi connectivity index (χ0) is 12.2. The minimum Gasteiger partial charge on any atom is -0.384 e. The first kappa shape index (κ1) is 12.9. The van der Waals surface area contributed by atoms with Crippen molar-refractivity contribution in [2.75, 3.05) is 5.73 Å². The Kier molecular flexibility index (Phi) is 4.26. The lowest BCUT2D eigenvalue weighted by molar-refractivity contribution is 0.308. The molecule has 1 aromatic rings. The predicted octanol–water partition coefficient (Wildman–Crippen LogP) is 1.47. The molecule has 0 bridgehead atoms. The Bertz CT molecular complexity index is 330. The number of nitrogens with two attached hydrogens (primary N) is 2. The largest absolute Gasteiger partial charge is 0.384 e. The minimum atomic E-state index is 0.260. The van der Waals surface area contributed by atoms with Crippen LogP contribution >= 0.6 is 0 Å². The first-order valence-corrected chi connectivity index (χ1v) is 5.57. The lowest BCUT2D eigenvalue weighted by Crippen LogP contribution is -2.39. The molecule has 16 heavy (non-hydrogen) atoms. The van der Waals surface area contributed by atoms with Crippen LogP contribution in [-0.2, 0) is 6.42 Å². The summed E-state index contributed by atoms with van der Waals surface area (Å²) in [6.45, 7) is 6.62. The van der Waals surface area contributed by atoms with Crippen molar-refractivity contribution in [2.45, 2.75) is 39.7 Å². The van der Waals surface area contributed by atoms with Gasteiger partial charge in [0.2, 0.25) is 0 Å². The number of anilines is 1. The number of hydrazine groups is 1. The molecule has 0 spiro atoms. The molecule has 4 heteroatoms. The second-order valence-electron chi connectivity index (χ2n) is 5.42. The van der Waals surface area contributed by atoms with Crippen LogP contribution in [0.15, 0.2) is 18.3 Å². The Labute approximate surface area is 97.4 Å². The fourth-order valence-corrected chi connectivity index (χ4v) is 1.84. The number of nitrogen functional groups attached to an aromatic ring is 1. The number of nitrogens with one attached hydrogen (secondary N) is 1. The van der Waals surface area contributed by atoms with Crippen molar-refractivity contribution in [1.29, 1.82) is 0 Å². The SMILES string of the molecule is CC(C)(C)CC(Cc1ccnc(N)c1)NN. The van der Waals surface area contributed by atoms with Crippen LogP contribution in [0, 0.1) is 5.41 Å². The number of rotatable bonds is 4. The summed E-state index contributed by atoms with van der Waals surface area (Å²) >= 11 is 0. The van der Waals surface area contributed by atoms with Crippen molar-refractivity contribution in [3.05, 3.63) is 23.9 Å². The van der Waals surface area contributed by atoms with Gasteiger partial charge >= 0.3 is 0 Å². The Morgan fingerprint density at radius 3 is 2.62 bits per heavy atom. The van der Waals surface area contributed by atoms with Crippen molar-refractivity contribution in [2.24, 2.45) is 11.3 Å². The van der Waals surface area contributed by atoms with Gasteiger partial charge in [0.25, 0.3) is 0 Å². The highest BCUT2D eigenvalue weighted by atomic mass is 15.2. The molecule has 0 aliphatic carbocycles. The van der Waals surface area contributed by atoms with Gasteiger partial charge in [-0.05, 0) is 36.0 Å². The second kappa shape index (κ2) is 5.27. The van der Waals surface area contributed by atoms with Crippen LogP contribution < -0.4 is 17.0 Å². The fourth-order valence-electron chi connectivity index (χ4n) is 1.84. The molecule has 0 amide bonds. The van der Waals surface area contributed by atoms with Crippen molar-refractivity contribution < 1.29 is 0 Å². The van der Waals surface area contributed by atoms with Crippen molar-refractivity contribution in [3.8, 4) is 0 Å². The molecule has 0 saturated carbocycles. The summed E-state index contributed by atoms with van der Waals surface area (Å²) < 4.78 is 0. The standard InChI is InChI=1S/C12H22N4/c1-12(2,3)8-10(16-14)6-9-4-5-15-11(13)7-9/h4-5,7,10,16H,6,8,14H2,1-3H3,(H2,13,15). The zero-order valence-electron chi connectivity index (χ0n) is 10.3. The van der Waals surface area contributed by atoms with E-state index < -0.39 is 0 Å². The third-order valence-electron chi connectivity index (χ3n) is 2.42. The second-order valence-corrected chi connectivity index (χ2v) is 5.42.